The van der Waals surface area contributed by atoms with Gasteiger partial charge in [0.05, 0.1) is 4.47 Å². The molecule has 246 valence electrons. The summed E-state index contributed by atoms with van der Waals surface area (Å²) in [5.74, 6) is 0.421. The Morgan fingerprint density at radius 3 is 1.74 bits per heavy atom. The van der Waals surface area contributed by atoms with Crippen LogP contribution in [-0.4, -0.2) is 9.51 Å². The van der Waals surface area contributed by atoms with E-state index in [1.54, 1.807) is 0 Å². The Hall–Kier alpha value is -1.94. The topological polar surface area (TPSA) is 46.7 Å². The molecule has 0 amide bonds. The van der Waals surface area contributed by atoms with Gasteiger partial charge in [-0.15, -0.1) is 0 Å². The van der Waals surface area contributed by atoms with Gasteiger partial charge in [-0.25, -0.2) is 0 Å². The quantitative estimate of drug-likeness (QED) is 0.205. The third-order valence-corrected chi connectivity index (χ3v) is 12.7. The van der Waals surface area contributed by atoms with E-state index in [1.165, 1.54) is 80.4 Å². The molecule has 3 aromatic carbocycles. The molecule has 0 fully saturated rings. The van der Waals surface area contributed by atoms with E-state index >= 15 is 0 Å². The van der Waals surface area contributed by atoms with Gasteiger partial charge in [-0.3, -0.25) is 0 Å². The Morgan fingerprint density at radius 1 is 0.739 bits per heavy atom. The number of aromatic hydroxyl groups is 1. The van der Waals surface area contributed by atoms with E-state index in [0.29, 0.717) is 11.2 Å². The standard InChI is InChI=1S/C21H22Br2O.C8H9N.C6H8N.C5H10.Mo/c1-12-17(22)10-13-6-2-4-8-15(13)19(12)20-16-9-5-3-7-14(16)11-18(23)21(20)24;1-6-4-3-5-7(2)8(6)9;1-5-3-4-6(2)7-5;1-5(2,3)4;/h10-11,24H,2-9H2,1H3;3-5H,1-2H3;3-4H,1-2H3;1H,2-4H3;/q;;-1;;. The summed E-state index contributed by atoms with van der Waals surface area (Å²) >= 11 is 7.01. The van der Waals surface area contributed by atoms with Crippen LogP contribution in [0.1, 0.15) is 96.8 Å². The van der Waals surface area contributed by atoms with Crippen molar-refractivity contribution in [2.45, 2.75) is 107 Å². The van der Waals surface area contributed by atoms with Crippen LogP contribution in [0.4, 0.5) is 5.69 Å². The Bertz CT molecular complexity index is 1650. The zero-order valence-corrected chi connectivity index (χ0v) is 34.0. The summed E-state index contributed by atoms with van der Waals surface area (Å²) < 4.78 is 9.15. The Kier molecular flexibility index (Phi) is 13.2. The van der Waals surface area contributed by atoms with Gasteiger partial charge in [-0.1, -0.05) is 41.9 Å². The van der Waals surface area contributed by atoms with Crippen LogP contribution in [0.3, 0.4) is 0 Å². The SMILES string of the molecule is Cc1c(Br)cc2c(c1-c1c(O)c(Br)cc3c1CCCC3)CCCC2.Cc1ccc(C)[n-]1.Cc1cccc(C)c1[N]=[Mo]=[CH]C(C)(C)C. The average molecular weight is 830 g/mol. The van der Waals surface area contributed by atoms with Crippen molar-refractivity contribution >= 4 is 41.9 Å². The number of fused-ring (bicyclic) bond motifs is 2. The molecule has 0 spiro atoms. The molecule has 1 heterocycles. The van der Waals surface area contributed by atoms with Gasteiger partial charge in [-0.05, 0) is 120 Å². The molecule has 0 unspecified atom stereocenters. The molecule has 0 saturated carbocycles. The zero-order chi connectivity index (χ0) is 33.6. The number of halogens is 2. The molecule has 46 heavy (non-hydrogen) atoms. The fourth-order valence-corrected chi connectivity index (χ4v) is 9.05. The molecule has 4 aromatic rings. The monoisotopic (exact) mass is 829 g/mol. The first-order valence-corrected chi connectivity index (χ1v) is 20.1. The van der Waals surface area contributed by atoms with Gasteiger partial charge in [0.2, 0.25) is 0 Å². The van der Waals surface area contributed by atoms with Crippen molar-refractivity contribution in [1.82, 2.24) is 4.98 Å². The first-order valence-electron chi connectivity index (χ1n) is 16.5. The van der Waals surface area contributed by atoms with Gasteiger partial charge in [0.1, 0.15) is 5.75 Å². The van der Waals surface area contributed by atoms with Crippen LogP contribution in [0.5, 0.6) is 5.75 Å². The van der Waals surface area contributed by atoms with Crippen molar-refractivity contribution in [3.05, 3.63) is 102 Å². The molecule has 0 saturated heterocycles. The molecule has 2 aliphatic carbocycles. The molecule has 1 N–H and O–H groups in total. The fraction of sp³-hybridized carbons (Fsp3) is 0.425. The summed E-state index contributed by atoms with van der Waals surface area (Å²) in [5, 5.41) is 11.0. The van der Waals surface area contributed by atoms with E-state index in [2.05, 4.69) is 113 Å². The maximum atomic E-state index is 11.0. The van der Waals surface area contributed by atoms with Crippen molar-refractivity contribution in [3.63, 3.8) is 0 Å². The molecule has 0 aliphatic heterocycles. The number of nitrogens with zero attached hydrogens (tertiary/aromatic N) is 2. The molecule has 0 bridgehead atoms. The third-order valence-electron chi connectivity index (χ3n) is 8.58. The molecule has 0 atom stereocenters. The van der Waals surface area contributed by atoms with Crippen LogP contribution in [0.15, 0.2) is 54.9 Å². The minimum atomic E-state index is -0.355. The van der Waals surface area contributed by atoms with Crippen molar-refractivity contribution in [2.24, 2.45) is 8.91 Å². The summed E-state index contributed by atoms with van der Waals surface area (Å²) in [4.78, 5) is 4.11. The van der Waals surface area contributed by atoms with Crippen LogP contribution in [-0.2, 0) is 43.6 Å². The van der Waals surface area contributed by atoms with E-state index in [-0.39, 0.29) is 17.9 Å². The van der Waals surface area contributed by atoms with Crippen LogP contribution >= 0.6 is 31.9 Å². The van der Waals surface area contributed by atoms with E-state index in [1.807, 2.05) is 26.0 Å². The number of rotatable bonds is 2. The molecular formula is C40H49Br2MoN2O-. The summed E-state index contributed by atoms with van der Waals surface area (Å²) in [6, 6.07) is 14.8. The summed E-state index contributed by atoms with van der Waals surface area (Å²) in [7, 11) is 0. The zero-order valence-electron chi connectivity index (χ0n) is 28.8. The molecule has 6 heteroatoms. The molecule has 1 aromatic heterocycles. The number of aromatic nitrogens is 1. The second-order valence-electron chi connectivity index (χ2n) is 13.8. The van der Waals surface area contributed by atoms with Crippen molar-refractivity contribution < 1.29 is 23.0 Å². The van der Waals surface area contributed by atoms with E-state index < -0.39 is 0 Å². The number of phenolic OH excluding ortho intramolecular Hbond substituents is 1. The maximum absolute atomic E-state index is 11.0. The molecule has 2 aliphatic rings. The molecule has 0 radical (unpaired) electrons. The molecule has 3 nitrogen and oxygen atoms in total. The van der Waals surface area contributed by atoms with Crippen molar-refractivity contribution in [1.29, 1.82) is 0 Å². The predicted octanol–water partition coefficient (Wildman–Crippen LogP) is 12.0. The normalized spacial score (nSPS) is 13.7. The van der Waals surface area contributed by atoms with Crippen molar-refractivity contribution in [3.8, 4) is 16.9 Å². The van der Waals surface area contributed by atoms with Gasteiger partial charge in [0, 0.05) is 10.0 Å². The third kappa shape index (κ3) is 9.57. The number of aryl methyl sites for hydroxylation is 6. The van der Waals surface area contributed by atoms with E-state index in [4.69, 9.17) is 3.50 Å². The van der Waals surface area contributed by atoms with Gasteiger partial charge < -0.3 is 10.1 Å². The Morgan fingerprint density at radius 2 is 1.24 bits per heavy atom. The minimum absolute atomic E-state index is 0.308. The number of hydrogen-bond donors (Lipinski definition) is 1. The summed E-state index contributed by atoms with van der Waals surface area (Å²) in [5.41, 5.74) is 15.7. The Labute approximate surface area is 302 Å². The number of benzene rings is 3. The van der Waals surface area contributed by atoms with Crippen LogP contribution in [0.25, 0.3) is 11.1 Å². The molecule has 6 rings (SSSR count). The van der Waals surface area contributed by atoms with Crippen LogP contribution < -0.4 is 4.98 Å². The van der Waals surface area contributed by atoms with Gasteiger partial charge in [0.15, 0.2) is 0 Å². The number of phenols is 1. The Balaban J connectivity index is 0.000000185. The van der Waals surface area contributed by atoms with E-state index in [0.717, 1.165) is 47.1 Å². The van der Waals surface area contributed by atoms with Crippen LogP contribution in [0, 0.1) is 40.0 Å². The number of hydrogen-bond acceptors (Lipinski definition) is 2. The fourth-order valence-electron chi connectivity index (χ4n) is 6.23. The van der Waals surface area contributed by atoms with Gasteiger partial charge >= 0.3 is 101 Å². The van der Waals surface area contributed by atoms with Crippen molar-refractivity contribution in [2.75, 3.05) is 0 Å². The second kappa shape index (κ2) is 16.4. The summed E-state index contributed by atoms with van der Waals surface area (Å²) in [6.07, 6.45) is 9.46. The first-order chi connectivity index (χ1) is 21.8. The predicted molar refractivity (Wildman–Crippen MR) is 200 cm³/mol. The second-order valence-corrected chi connectivity index (χ2v) is 17.0. The average Bonchev–Trinajstić information content (AvgIpc) is 3.39. The van der Waals surface area contributed by atoms with Crippen LogP contribution in [0.2, 0.25) is 0 Å². The van der Waals surface area contributed by atoms with Gasteiger partial charge in [-0.2, -0.15) is 11.4 Å². The summed E-state index contributed by atoms with van der Waals surface area (Å²) in [6.45, 7) is 17.1. The van der Waals surface area contributed by atoms with E-state index in [9.17, 15) is 5.11 Å². The van der Waals surface area contributed by atoms with Gasteiger partial charge in [0.25, 0.3) is 0 Å². The molecular weight excluding hydrogens is 780 g/mol. The first kappa shape index (κ1) is 36.9.